The second-order valence-electron chi connectivity index (χ2n) is 4.62. The highest BCUT2D eigenvalue weighted by molar-refractivity contribution is 7.94. The minimum atomic E-state index is -6.85. The van der Waals surface area contributed by atoms with Crippen LogP contribution in [0.1, 0.15) is 0 Å². The molecule has 164 valence electrons. The van der Waals surface area contributed by atoms with Crippen LogP contribution in [0.2, 0.25) is 15.1 Å². The SMILES string of the molecule is O=C(NS(=O)(=O)C(F)(F)F)C(=O)N(c1c(Cl)cc(Cl)cc1Cl)S(=O)(=O)C(F)(F)F. The standard InChI is InChI=1S/C10H3Cl3F6N2O6S2/c11-3-1-4(12)6(5(13)2-3)21(29(26,27)10(17,18)19)8(23)7(22)20-28(24,25)9(14,15)16/h1-2H,(H,20,22). The average Bonchev–Trinajstić information content (AvgIpc) is 2.46. The van der Waals surface area contributed by atoms with Crippen LogP contribution in [0.25, 0.3) is 0 Å². The van der Waals surface area contributed by atoms with Gasteiger partial charge < -0.3 is 0 Å². The van der Waals surface area contributed by atoms with Crippen LogP contribution in [0.3, 0.4) is 0 Å². The van der Waals surface area contributed by atoms with Crippen molar-refractivity contribution < 1.29 is 52.8 Å². The molecule has 2 amide bonds. The molecule has 0 radical (unpaired) electrons. The molecule has 0 bridgehead atoms. The Morgan fingerprint density at radius 2 is 1.28 bits per heavy atom. The molecule has 0 aromatic heterocycles. The first kappa shape index (κ1) is 25.5. The molecule has 0 saturated carbocycles. The maximum Gasteiger partial charge on any atom is 0.517 e. The van der Waals surface area contributed by atoms with Gasteiger partial charge in [-0.1, -0.05) is 34.8 Å². The molecule has 0 fully saturated rings. The molecule has 0 atom stereocenters. The lowest BCUT2D eigenvalue weighted by molar-refractivity contribution is -0.136. The smallest absolute Gasteiger partial charge is 0.262 e. The van der Waals surface area contributed by atoms with E-state index < -0.39 is 62.9 Å². The minimum absolute atomic E-state index is 0.0931. The van der Waals surface area contributed by atoms with Crippen molar-refractivity contribution in [2.75, 3.05) is 4.31 Å². The Morgan fingerprint density at radius 3 is 1.62 bits per heavy atom. The minimum Gasteiger partial charge on any atom is -0.262 e. The highest BCUT2D eigenvalue weighted by Gasteiger charge is 2.55. The second-order valence-corrected chi connectivity index (χ2v) is 9.32. The molecule has 1 aromatic carbocycles. The number of benzene rings is 1. The topological polar surface area (TPSA) is 118 Å². The lowest BCUT2D eigenvalue weighted by Crippen LogP contribution is -2.53. The summed E-state index contributed by atoms with van der Waals surface area (Å²) in [4.78, 5) is 23.5. The van der Waals surface area contributed by atoms with E-state index in [4.69, 9.17) is 34.8 Å². The number of anilines is 1. The molecule has 29 heavy (non-hydrogen) atoms. The van der Waals surface area contributed by atoms with Crippen LogP contribution in [0.4, 0.5) is 32.0 Å². The zero-order valence-corrected chi connectivity index (χ0v) is 16.7. The molecule has 1 rings (SSSR count). The largest absolute Gasteiger partial charge is 0.517 e. The van der Waals surface area contributed by atoms with E-state index in [0.717, 1.165) is 0 Å². The van der Waals surface area contributed by atoms with Crippen LogP contribution in [0, 0.1) is 0 Å². The van der Waals surface area contributed by atoms with Crippen molar-refractivity contribution in [3.8, 4) is 0 Å². The third-order valence-corrected chi connectivity index (χ3v) is 5.90. The molecule has 0 aliphatic carbocycles. The Bertz CT molecular complexity index is 1050. The van der Waals surface area contributed by atoms with Crippen LogP contribution in [-0.4, -0.2) is 39.7 Å². The van der Waals surface area contributed by atoms with Gasteiger partial charge in [0.25, 0.3) is 0 Å². The molecule has 1 N–H and O–H groups in total. The Balaban J connectivity index is 3.69. The number of carbonyl (C=O) groups is 2. The van der Waals surface area contributed by atoms with Crippen molar-refractivity contribution in [1.29, 1.82) is 0 Å². The van der Waals surface area contributed by atoms with Crippen LogP contribution in [0.15, 0.2) is 12.1 Å². The lowest BCUT2D eigenvalue weighted by atomic mass is 10.3. The van der Waals surface area contributed by atoms with Crippen LogP contribution in [0.5, 0.6) is 0 Å². The van der Waals surface area contributed by atoms with E-state index in [1.54, 1.807) is 0 Å². The fourth-order valence-corrected chi connectivity index (χ4v) is 3.96. The van der Waals surface area contributed by atoms with Crippen molar-refractivity contribution in [2.45, 2.75) is 11.0 Å². The zero-order valence-electron chi connectivity index (χ0n) is 12.8. The van der Waals surface area contributed by atoms with Gasteiger partial charge in [-0.25, -0.2) is 4.72 Å². The monoisotopic (exact) mass is 530 g/mol. The first-order chi connectivity index (χ1) is 12.7. The first-order valence-corrected chi connectivity index (χ1v) is 10.2. The van der Waals surface area contributed by atoms with Gasteiger partial charge in [-0.3, -0.25) is 9.59 Å². The summed E-state index contributed by atoms with van der Waals surface area (Å²) in [7, 11) is -13.4. The summed E-state index contributed by atoms with van der Waals surface area (Å²) in [5, 5.41) is -2.46. The van der Waals surface area contributed by atoms with Gasteiger partial charge in [0.15, 0.2) is 0 Å². The van der Waals surface area contributed by atoms with E-state index in [1.807, 2.05) is 0 Å². The molecule has 1 aromatic rings. The average molecular weight is 532 g/mol. The van der Waals surface area contributed by atoms with Gasteiger partial charge in [-0.15, -0.1) is 0 Å². The number of hydrogen-bond acceptors (Lipinski definition) is 6. The van der Waals surface area contributed by atoms with Gasteiger partial charge in [0.2, 0.25) is 0 Å². The fraction of sp³-hybridized carbons (Fsp3) is 0.200. The Kier molecular flexibility index (Phi) is 7.03. The van der Waals surface area contributed by atoms with E-state index in [2.05, 4.69) is 0 Å². The van der Waals surface area contributed by atoms with Gasteiger partial charge >= 0.3 is 42.9 Å². The molecule has 0 aliphatic rings. The van der Waals surface area contributed by atoms with Crippen LogP contribution < -0.4 is 9.03 Å². The van der Waals surface area contributed by atoms with Crippen molar-refractivity contribution >= 4 is 72.4 Å². The maximum absolute atomic E-state index is 12.9. The number of halogens is 9. The Hall–Kier alpha value is -1.49. The number of amides is 2. The number of alkyl halides is 6. The van der Waals surface area contributed by atoms with Crippen LogP contribution in [-0.2, 0) is 29.6 Å². The van der Waals surface area contributed by atoms with Crippen molar-refractivity contribution in [3.05, 3.63) is 27.2 Å². The Labute approximate surface area is 172 Å². The summed E-state index contributed by atoms with van der Waals surface area (Å²) in [6.07, 6.45) is 0. The number of carbonyl (C=O) groups excluding carboxylic acids is 2. The quantitative estimate of drug-likeness (QED) is 0.474. The summed E-state index contributed by atoms with van der Waals surface area (Å²) in [5.74, 6) is -5.82. The summed E-state index contributed by atoms with van der Waals surface area (Å²) in [6.45, 7) is 0. The highest BCUT2D eigenvalue weighted by atomic mass is 35.5. The molecular formula is C10H3Cl3F6N2O6S2. The Morgan fingerprint density at radius 1 is 0.862 bits per heavy atom. The zero-order chi connectivity index (χ0) is 23.2. The van der Waals surface area contributed by atoms with E-state index in [9.17, 15) is 52.8 Å². The molecule has 0 spiro atoms. The molecular weight excluding hydrogens is 529 g/mol. The van der Waals surface area contributed by atoms with Crippen molar-refractivity contribution in [1.82, 2.24) is 4.72 Å². The van der Waals surface area contributed by atoms with Gasteiger partial charge in [0, 0.05) is 5.02 Å². The lowest BCUT2D eigenvalue weighted by Gasteiger charge is -2.24. The van der Waals surface area contributed by atoms with E-state index in [-0.39, 0.29) is 9.74 Å². The van der Waals surface area contributed by atoms with Gasteiger partial charge in [0.05, 0.1) is 15.7 Å². The normalized spacial score (nSPS) is 13.1. The molecule has 19 heteroatoms. The first-order valence-electron chi connectivity index (χ1n) is 6.17. The van der Waals surface area contributed by atoms with Crippen LogP contribution >= 0.6 is 34.8 Å². The van der Waals surface area contributed by atoms with Crippen molar-refractivity contribution in [3.63, 3.8) is 0 Å². The fourth-order valence-electron chi connectivity index (χ4n) is 1.48. The predicted octanol–water partition coefficient (Wildman–Crippen LogP) is 2.80. The second kappa shape index (κ2) is 7.98. The maximum atomic E-state index is 12.9. The summed E-state index contributed by atoms with van der Waals surface area (Å²) >= 11 is 16.5. The summed E-state index contributed by atoms with van der Waals surface area (Å²) < 4.78 is 120. The number of nitrogens with one attached hydrogen (secondary N) is 1. The van der Waals surface area contributed by atoms with Gasteiger partial charge in [-0.05, 0) is 12.1 Å². The molecule has 0 heterocycles. The molecule has 8 nitrogen and oxygen atoms in total. The third-order valence-electron chi connectivity index (χ3n) is 2.63. The number of nitrogens with zero attached hydrogens (tertiary/aromatic N) is 1. The third kappa shape index (κ3) is 5.17. The number of hydrogen-bond donors (Lipinski definition) is 1. The molecule has 0 saturated heterocycles. The number of rotatable bonds is 3. The van der Waals surface area contributed by atoms with Gasteiger partial charge in [-0.2, -0.15) is 47.5 Å². The van der Waals surface area contributed by atoms with E-state index in [1.165, 1.54) is 0 Å². The number of sulfonamides is 2. The molecule has 0 aliphatic heterocycles. The van der Waals surface area contributed by atoms with E-state index in [0.29, 0.717) is 12.1 Å². The summed E-state index contributed by atoms with van der Waals surface area (Å²) in [6, 6.07) is 1.17. The predicted molar refractivity (Wildman–Crippen MR) is 87.1 cm³/mol. The van der Waals surface area contributed by atoms with E-state index >= 15 is 0 Å². The molecule has 0 unspecified atom stereocenters. The summed E-state index contributed by atoms with van der Waals surface area (Å²) in [5.41, 5.74) is -14.0. The highest BCUT2D eigenvalue weighted by Crippen LogP contribution is 2.41. The van der Waals surface area contributed by atoms with Crippen molar-refractivity contribution in [2.24, 2.45) is 0 Å². The van der Waals surface area contributed by atoms with Gasteiger partial charge in [0.1, 0.15) is 0 Å².